The summed E-state index contributed by atoms with van der Waals surface area (Å²) in [7, 11) is -3.14. The highest BCUT2D eigenvalue weighted by Gasteiger charge is 2.45. The predicted molar refractivity (Wildman–Crippen MR) is 104 cm³/mol. The maximum Gasteiger partial charge on any atom is 0.359 e. The van der Waals surface area contributed by atoms with Crippen LogP contribution in [0.5, 0.6) is 11.5 Å². The Morgan fingerprint density at radius 3 is 2.32 bits per heavy atom. The minimum atomic E-state index is -4.66. The fourth-order valence-electron chi connectivity index (χ4n) is 3.68. The van der Waals surface area contributed by atoms with Crippen LogP contribution in [0.15, 0.2) is 54.6 Å². The van der Waals surface area contributed by atoms with Crippen molar-refractivity contribution in [1.82, 2.24) is 4.72 Å². The summed E-state index contributed by atoms with van der Waals surface area (Å²) in [5.74, 6) is 0.573. The first-order valence-corrected chi connectivity index (χ1v) is 10.4. The number of hydrogen-bond acceptors (Lipinski definition) is 5. The highest BCUT2D eigenvalue weighted by Crippen LogP contribution is 2.42. The third kappa shape index (κ3) is 4.63. The van der Waals surface area contributed by atoms with E-state index in [1.54, 1.807) is 29.0 Å². The van der Waals surface area contributed by atoms with Gasteiger partial charge in [-0.25, -0.2) is 4.72 Å². The van der Waals surface area contributed by atoms with Crippen LogP contribution in [0.25, 0.3) is 0 Å². The molecule has 2 aromatic carbocycles. The van der Waals surface area contributed by atoms with Crippen molar-refractivity contribution < 1.29 is 27.2 Å². The summed E-state index contributed by atoms with van der Waals surface area (Å²) < 4.78 is 44.6. The second-order valence-electron chi connectivity index (χ2n) is 6.85. The first-order chi connectivity index (χ1) is 13.3. The lowest BCUT2D eigenvalue weighted by molar-refractivity contribution is -0.127. The summed E-state index contributed by atoms with van der Waals surface area (Å²) in [6, 6.07) is 16.4. The third-order valence-corrected chi connectivity index (χ3v) is 5.55. The van der Waals surface area contributed by atoms with E-state index in [2.05, 4.69) is 0 Å². The zero-order chi connectivity index (χ0) is 20.2. The molecular formula is C20H23NO6S. The van der Waals surface area contributed by atoms with Crippen LogP contribution in [0.4, 0.5) is 0 Å². The molecule has 1 amide bonds. The number of carbonyl (C=O) groups is 1. The number of methoxy groups -OCH3 is 1. The highest BCUT2D eigenvalue weighted by molar-refractivity contribution is 7.84. The topological polar surface area (TPSA) is 102 Å². The van der Waals surface area contributed by atoms with Crippen LogP contribution < -0.4 is 14.2 Å². The zero-order valence-electron chi connectivity index (χ0n) is 15.5. The van der Waals surface area contributed by atoms with Gasteiger partial charge in [0.2, 0.25) is 5.91 Å². The van der Waals surface area contributed by atoms with Crippen molar-refractivity contribution in [1.29, 1.82) is 0 Å². The van der Waals surface area contributed by atoms with E-state index in [0.29, 0.717) is 37.0 Å². The van der Waals surface area contributed by atoms with E-state index < -0.39 is 21.6 Å². The van der Waals surface area contributed by atoms with Crippen molar-refractivity contribution in [2.24, 2.45) is 0 Å². The number of nitrogens with one attached hydrogen (secondary N) is 1. The normalized spacial score (nSPS) is 22.3. The Morgan fingerprint density at radius 1 is 1.07 bits per heavy atom. The lowest BCUT2D eigenvalue weighted by atomic mass is 9.68. The van der Waals surface area contributed by atoms with Gasteiger partial charge in [-0.15, -0.1) is 0 Å². The zero-order valence-corrected chi connectivity index (χ0v) is 16.3. The molecule has 1 aliphatic carbocycles. The summed E-state index contributed by atoms with van der Waals surface area (Å²) in [6.07, 6.45) is 1.79. The standard InChI is InChI=1S/C20H23NO6S/c1-26-18-9-5-6-15(14-18)20(19(22)21-28(23,24)25)12-10-17(11-13-20)27-16-7-3-2-4-8-16/h2-9,14,17H,10-13H2,1H3,(H,21,22)(H,23,24,25). The number of benzene rings is 2. The summed E-state index contributed by atoms with van der Waals surface area (Å²) >= 11 is 0. The van der Waals surface area contributed by atoms with Gasteiger partial charge < -0.3 is 9.47 Å². The molecule has 28 heavy (non-hydrogen) atoms. The van der Waals surface area contributed by atoms with Gasteiger partial charge in [-0.05, 0) is 55.5 Å². The average molecular weight is 405 g/mol. The Labute approximate surface area is 164 Å². The number of ether oxygens (including phenoxy) is 2. The lowest BCUT2D eigenvalue weighted by Gasteiger charge is -2.39. The number of carbonyl (C=O) groups excluding carboxylic acids is 1. The van der Waals surface area contributed by atoms with Gasteiger partial charge in [-0.3, -0.25) is 9.35 Å². The van der Waals surface area contributed by atoms with Crippen molar-refractivity contribution in [3.63, 3.8) is 0 Å². The molecule has 3 rings (SSSR count). The number of hydrogen-bond donors (Lipinski definition) is 2. The molecule has 0 unspecified atom stereocenters. The molecule has 2 N–H and O–H groups in total. The molecule has 0 radical (unpaired) electrons. The molecule has 0 bridgehead atoms. The molecule has 1 saturated carbocycles. The number of amides is 1. The van der Waals surface area contributed by atoms with Crippen molar-refractivity contribution in [2.45, 2.75) is 37.2 Å². The predicted octanol–water partition coefficient (Wildman–Crippen LogP) is 2.87. The van der Waals surface area contributed by atoms with E-state index in [4.69, 9.17) is 14.0 Å². The van der Waals surface area contributed by atoms with Gasteiger partial charge >= 0.3 is 10.3 Å². The van der Waals surface area contributed by atoms with Gasteiger partial charge in [0.1, 0.15) is 11.5 Å². The fourth-order valence-corrected chi connectivity index (χ4v) is 4.11. The summed E-state index contributed by atoms with van der Waals surface area (Å²) in [5, 5.41) is 0. The highest BCUT2D eigenvalue weighted by atomic mass is 32.2. The van der Waals surface area contributed by atoms with Gasteiger partial charge in [0.25, 0.3) is 0 Å². The summed E-state index contributed by atoms with van der Waals surface area (Å²) in [5.41, 5.74) is -0.452. The van der Waals surface area contributed by atoms with E-state index in [-0.39, 0.29) is 6.10 Å². The Hall–Kier alpha value is -2.58. The van der Waals surface area contributed by atoms with Crippen molar-refractivity contribution in [3.8, 4) is 11.5 Å². The summed E-state index contributed by atoms with van der Waals surface area (Å²) in [6.45, 7) is 0. The Balaban J connectivity index is 1.85. The Bertz CT molecular complexity index is 921. The minimum absolute atomic E-state index is 0.0836. The molecule has 0 saturated heterocycles. The fraction of sp³-hybridized carbons (Fsp3) is 0.350. The second kappa shape index (κ2) is 8.20. The van der Waals surface area contributed by atoms with E-state index in [9.17, 15) is 13.2 Å². The molecule has 0 heterocycles. The third-order valence-electron chi connectivity index (χ3n) is 5.11. The van der Waals surface area contributed by atoms with Crippen LogP contribution in [-0.4, -0.2) is 32.1 Å². The van der Waals surface area contributed by atoms with E-state index in [1.165, 1.54) is 7.11 Å². The van der Waals surface area contributed by atoms with Crippen LogP contribution in [0.2, 0.25) is 0 Å². The molecule has 1 fully saturated rings. The monoisotopic (exact) mass is 405 g/mol. The van der Waals surface area contributed by atoms with Gasteiger partial charge in [0.15, 0.2) is 0 Å². The van der Waals surface area contributed by atoms with E-state index >= 15 is 0 Å². The van der Waals surface area contributed by atoms with Gasteiger partial charge in [-0.1, -0.05) is 30.3 Å². The molecule has 0 aliphatic heterocycles. The Morgan fingerprint density at radius 2 is 1.71 bits per heavy atom. The van der Waals surface area contributed by atoms with Crippen LogP contribution in [0, 0.1) is 0 Å². The van der Waals surface area contributed by atoms with Crippen LogP contribution in [0.1, 0.15) is 31.2 Å². The van der Waals surface area contributed by atoms with Crippen LogP contribution in [0.3, 0.4) is 0 Å². The molecule has 8 heteroatoms. The average Bonchev–Trinajstić information content (AvgIpc) is 2.68. The quantitative estimate of drug-likeness (QED) is 0.717. The molecule has 1 aliphatic rings. The van der Waals surface area contributed by atoms with Crippen molar-refractivity contribution in [2.75, 3.05) is 7.11 Å². The lowest BCUT2D eigenvalue weighted by Crippen LogP contribution is -2.49. The molecule has 0 spiro atoms. The number of rotatable bonds is 6. The SMILES string of the molecule is COc1cccc(C2(C(=O)NS(=O)(=O)O)CCC(Oc3ccccc3)CC2)c1. The molecule has 2 aromatic rings. The molecule has 150 valence electrons. The second-order valence-corrected chi connectivity index (χ2v) is 8.00. The van der Waals surface area contributed by atoms with Gasteiger partial charge in [0.05, 0.1) is 18.6 Å². The molecular weight excluding hydrogens is 382 g/mol. The first kappa shape index (κ1) is 20.2. The van der Waals surface area contributed by atoms with E-state index in [0.717, 1.165) is 5.75 Å². The first-order valence-electron chi connectivity index (χ1n) is 8.98. The maximum atomic E-state index is 12.9. The maximum absolute atomic E-state index is 12.9. The largest absolute Gasteiger partial charge is 0.497 e. The molecule has 0 atom stereocenters. The number of para-hydroxylation sites is 1. The molecule has 0 aromatic heterocycles. The van der Waals surface area contributed by atoms with Crippen LogP contribution >= 0.6 is 0 Å². The van der Waals surface area contributed by atoms with Gasteiger partial charge in [-0.2, -0.15) is 8.42 Å². The van der Waals surface area contributed by atoms with Crippen molar-refractivity contribution in [3.05, 3.63) is 60.2 Å². The van der Waals surface area contributed by atoms with E-state index in [1.807, 2.05) is 30.3 Å². The Kier molecular flexibility index (Phi) is 5.90. The minimum Gasteiger partial charge on any atom is -0.497 e. The van der Waals surface area contributed by atoms with Gasteiger partial charge in [0, 0.05) is 0 Å². The van der Waals surface area contributed by atoms with Crippen molar-refractivity contribution >= 4 is 16.2 Å². The summed E-state index contributed by atoms with van der Waals surface area (Å²) in [4.78, 5) is 12.9. The smallest absolute Gasteiger partial charge is 0.359 e. The molecule has 7 nitrogen and oxygen atoms in total. The van der Waals surface area contributed by atoms with Crippen LogP contribution in [-0.2, 0) is 20.5 Å².